The number of morpholine rings is 1. The van der Waals surface area contributed by atoms with Crippen molar-refractivity contribution in [2.45, 2.75) is 19.4 Å². The van der Waals surface area contributed by atoms with E-state index in [9.17, 15) is 4.79 Å². The molecule has 1 atom stereocenters. The molecule has 1 heterocycles. The first-order valence-electron chi connectivity index (χ1n) is 7.47. The topological polar surface area (TPSA) is 61.8 Å². The second kappa shape index (κ2) is 8.12. The quantitative estimate of drug-likeness (QED) is 0.745. The number of hydrogen-bond donors (Lipinski definition) is 2. The molecule has 21 heavy (non-hydrogen) atoms. The lowest BCUT2D eigenvalue weighted by atomic mass is 10.0. The zero-order valence-electron chi connectivity index (χ0n) is 12.5. The van der Waals surface area contributed by atoms with E-state index in [1.807, 2.05) is 0 Å². The van der Waals surface area contributed by atoms with Gasteiger partial charge < -0.3 is 15.2 Å². The Bertz CT molecular complexity index is 459. The Labute approximate surface area is 125 Å². The number of carboxylic acids is 1. The molecule has 5 heteroatoms. The summed E-state index contributed by atoms with van der Waals surface area (Å²) in [5.74, 6) is -0.763. The van der Waals surface area contributed by atoms with Gasteiger partial charge in [-0.05, 0) is 12.5 Å². The van der Waals surface area contributed by atoms with E-state index in [0.29, 0.717) is 6.54 Å². The Hall–Kier alpha value is -1.43. The fraction of sp³-hybridized carbons (Fsp3) is 0.562. The van der Waals surface area contributed by atoms with Gasteiger partial charge in [0.25, 0.3) is 0 Å². The van der Waals surface area contributed by atoms with E-state index < -0.39 is 5.97 Å². The van der Waals surface area contributed by atoms with Crippen LogP contribution in [-0.4, -0.2) is 55.4 Å². The van der Waals surface area contributed by atoms with Crippen molar-refractivity contribution in [1.29, 1.82) is 0 Å². The van der Waals surface area contributed by atoms with Gasteiger partial charge >= 0.3 is 5.97 Å². The minimum Gasteiger partial charge on any atom is -0.481 e. The summed E-state index contributed by atoms with van der Waals surface area (Å²) >= 11 is 0. The minimum atomic E-state index is -0.763. The molecule has 1 aliphatic rings. The number of nitrogens with one attached hydrogen (secondary N) is 1. The predicted octanol–water partition coefficient (Wildman–Crippen LogP) is 1.43. The van der Waals surface area contributed by atoms with Crippen molar-refractivity contribution in [2.75, 3.05) is 39.4 Å². The molecule has 0 amide bonds. The zero-order chi connectivity index (χ0) is 15.1. The Morgan fingerprint density at radius 3 is 2.86 bits per heavy atom. The number of hydrogen-bond acceptors (Lipinski definition) is 4. The summed E-state index contributed by atoms with van der Waals surface area (Å²) in [5, 5.41) is 12.0. The Morgan fingerprint density at radius 2 is 2.19 bits per heavy atom. The molecule has 0 saturated carbocycles. The van der Waals surface area contributed by atoms with E-state index in [1.165, 1.54) is 11.1 Å². The maximum Gasteiger partial charge on any atom is 0.304 e. The molecule has 5 nitrogen and oxygen atoms in total. The zero-order valence-corrected chi connectivity index (χ0v) is 12.5. The second-order valence-corrected chi connectivity index (χ2v) is 5.43. The number of rotatable bonds is 7. The smallest absolute Gasteiger partial charge is 0.304 e. The lowest BCUT2D eigenvalue weighted by Gasteiger charge is -2.35. The average Bonchev–Trinajstić information content (AvgIpc) is 2.48. The van der Waals surface area contributed by atoms with E-state index in [2.05, 4.69) is 41.4 Å². The molecule has 116 valence electrons. The SMILES string of the molecule is Cc1cccc(C(CNCCC(=O)O)N2CCOCC2)c1. The molecule has 0 aromatic heterocycles. The number of carbonyl (C=O) groups is 1. The lowest BCUT2D eigenvalue weighted by molar-refractivity contribution is -0.136. The van der Waals surface area contributed by atoms with Crippen molar-refractivity contribution >= 4 is 5.97 Å². The number of benzene rings is 1. The summed E-state index contributed by atoms with van der Waals surface area (Å²) in [6.45, 7) is 6.71. The molecule has 1 aliphatic heterocycles. The maximum atomic E-state index is 10.6. The van der Waals surface area contributed by atoms with Crippen molar-refractivity contribution in [2.24, 2.45) is 0 Å². The van der Waals surface area contributed by atoms with E-state index in [1.54, 1.807) is 0 Å². The van der Waals surface area contributed by atoms with E-state index in [4.69, 9.17) is 9.84 Å². The first-order valence-corrected chi connectivity index (χ1v) is 7.47. The van der Waals surface area contributed by atoms with Gasteiger partial charge in [0.15, 0.2) is 0 Å². The van der Waals surface area contributed by atoms with Crippen LogP contribution in [0.25, 0.3) is 0 Å². The highest BCUT2D eigenvalue weighted by Gasteiger charge is 2.22. The monoisotopic (exact) mass is 292 g/mol. The third-order valence-corrected chi connectivity index (χ3v) is 3.77. The van der Waals surface area contributed by atoms with Crippen LogP contribution < -0.4 is 5.32 Å². The molecule has 0 aliphatic carbocycles. The molecule has 1 aromatic rings. The second-order valence-electron chi connectivity index (χ2n) is 5.43. The van der Waals surface area contributed by atoms with Gasteiger partial charge in [-0.1, -0.05) is 29.8 Å². The Kier molecular flexibility index (Phi) is 6.17. The molecule has 1 fully saturated rings. The first-order chi connectivity index (χ1) is 10.2. The molecular formula is C16H24N2O3. The molecule has 1 unspecified atom stereocenters. The highest BCUT2D eigenvalue weighted by molar-refractivity contribution is 5.66. The van der Waals surface area contributed by atoms with Gasteiger partial charge in [0, 0.05) is 32.2 Å². The summed E-state index contributed by atoms with van der Waals surface area (Å²) in [5.41, 5.74) is 2.52. The summed E-state index contributed by atoms with van der Waals surface area (Å²) in [7, 11) is 0. The van der Waals surface area contributed by atoms with Crippen LogP contribution in [-0.2, 0) is 9.53 Å². The lowest BCUT2D eigenvalue weighted by Crippen LogP contribution is -2.43. The third kappa shape index (κ3) is 5.12. The van der Waals surface area contributed by atoms with Gasteiger partial charge in [0.2, 0.25) is 0 Å². The molecule has 0 bridgehead atoms. The Morgan fingerprint density at radius 1 is 1.43 bits per heavy atom. The number of carboxylic acid groups (broad SMARTS) is 1. The van der Waals surface area contributed by atoms with Crippen molar-refractivity contribution in [3.05, 3.63) is 35.4 Å². The normalized spacial score (nSPS) is 17.6. The summed E-state index contributed by atoms with van der Waals surface area (Å²) < 4.78 is 5.43. The number of aliphatic carboxylic acids is 1. The van der Waals surface area contributed by atoms with Crippen LogP contribution in [0, 0.1) is 6.92 Å². The van der Waals surface area contributed by atoms with Crippen molar-refractivity contribution in [1.82, 2.24) is 10.2 Å². The number of aryl methyl sites for hydroxylation is 1. The highest BCUT2D eigenvalue weighted by atomic mass is 16.5. The van der Waals surface area contributed by atoms with Crippen LogP contribution in [0.5, 0.6) is 0 Å². The van der Waals surface area contributed by atoms with Gasteiger partial charge in [0.1, 0.15) is 0 Å². The van der Waals surface area contributed by atoms with Crippen molar-refractivity contribution in [3.63, 3.8) is 0 Å². The molecule has 1 saturated heterocycles. The number of ether oxygens (including phenoxy) is 1. The first kappa shape index (κ1) is 15.9. The predicted molar refractivity (Wildman–Crippen MR) is 81.4 cm³/mol. The average molecular weight is 292 g/mol. The molecular weight excluding hydrogens is 268 g/mol. The third-order valence-electron chi connectivity index (χ3n) is 3.77. The van der Waals surface area contributed by atoms with E-state index in [0.717, 1.165) is 32.8 Å². The van der Waals surface area contributed by atoms with Gasteiger partial charge in [-0.25, -0.2) is 0 Å². The van der Waals surface area contributed by atoms with E-state index in [-0.39, 0.29) is 12.5 Å². The summed E-state index contributed by atoms with van der Waals surface area (Å²) in [4.78, 5) is 13.0. The van der Waals surface area contributed by atoms with Gasteiger partial charge in [0.05, 0.1) is 19.6 Å². The van der Waals surface area contributed by atoms with Crippen LogP contribution in [0.15, 0.2) is 24.3 Å². The van der Waals surface area contributed by atoms with Gasteiger partial charge in [-0.15, -0.1) is 0 Å². The molecule has 2 N–H and O–H groups in total. The van der Waals surface area contributed by atoms with Crippen molar-refractivity contribution in [3.8, 4) is 0 Å². The van der Waals surface area contributed by atoms with Gasteiger partial charge in [-0.2, -0.15) is 0 Å². The summed E-state index contributed by atoms with van der Waals surface area (Å²) in [6, 6.07) is 8.79. The molecule has 0 radical (unpaired) electrons. The maximum absolute atomic E-state index is 10.6. The van der Waals surface area contributed by atoms with Crippen LogP contribution in [0.2, 0.25) is 0 Å². The van der Waals surface area contributed by atoms with Crippen LogP contribution in [0.3, 0.4) is 0 Å². The minimum absolute atomic E-state index is 0.156. The summed E-state index contributed by atoms with van der Waals surface area (Å²) in [6.07, 6.45) is 0.156. The van der Waals surface area contributed by atoms with Crippen molar-refractivity contribution < 1.29 is 14.6 Å². The number of nitrogens with zero attached hydrogens (tertiary/aromatic N) is 1. The van der Waals surface area contributed by atoms with Crippen LogP contribution >= 0.6 is 0 Å². The largest absolute Gasteiger partial charge is 0.481 e. The highest BCUT2D eigenvalue weighted by Crippen LogP contribution is 2.22. The van der Waals surface area contributed by atoms with Crippen LogP contribution in [0.1, 0.15) is 23.6 Å². The molecule has 0 spiro atoms. The standard InChI is InChI=1S/C16H24N2O3/c1-13-3-2-4-14(11-13)15(12-17-6-5-16(19)20)18-7-9-21-10-8-18/h2-4,11,15,17H,5-10,12H2,1H3,(H,19,20). The van der Waals surface area contributed by atoms with Crippen LogP contribution in [0.4, 0.5) is 0 Å². The molecule has 2 rings (SSSR count). The fourth-order valence-corrected chi connectivity index (χ4v) is 2.66. The van der Waals surface area contributed by atoms with E-state index >= 15 is 0 Å². The fourth-order valence-electron chi connectivity index (χ4n) is 2.66. The Balaban J connectivity index is 2.01. The van der Waals surface area contributed by atoms with Gasteiger partial charge in [-0.3, -0.25) is 9.69 Å². The molecule has 1 aromatic carbocycles.